The molecule has 0 radical (unpaired) electrons. The monoisotopic (exact) mass is 298 g/mol. The molecule has 1 aromatic carbocycles. The number of benzene rings is 1. The molecule has 1 N–H and O–H groups in total. The van der Waals surface area contributed by atoms with Crippen molar-refractivity contribution in [2.75, 3.05) is 6.54 Å². The highest BCUT2D eigenvalue weighted by Crippen LogP contribution is 2.16. The first-order valence-electron chi connectivity index (χ1n) is 7.59. The van der Waals surface area contributed by atoms with Crippen molar-refractivity contribution in [3.8, 4) is 0 Å². The summed E-state index contributed by atoms with van der Waals surface area (Å²) in [6.45, 7) is 4.28. The van der Waals surface area contributed by atoms with Crippen LogP contribution in [-0.2, 0) is 9.59 Å². The number of carbonyl (C=O) groups excluding carboxylic acids is 2. The van der Waals surface area contributed by atoms with Gasteiger partial charge in [0.2, 0.25) is 11.8 Å². The van der Waals surface area contributed by atoms with Crippen molar-refractivity contribution in [1.82, 2.24) is 10.2 Å². The smallest absolute Gasteiger partial charge is 0.248 e. The van der Waals surface area contributed by atoms with E-state index in [1.807, 2.05) is 37.3 Å². The largest absolute Gasteiger partial charge is 0.332 e. The molecule has 2 amide bonds. The molecule has 1 unspecified atom stereocenters. The van der Waals surface area contributed by atoms with Gasteiger partial charge in [-0.3, -0.25) is 9.59 Å². The Kier molecular flexibility index (Phi) is 5.53. The van der Waals surface area contributed by atoms with Crippen LogP contribution >= 0.6 is 0 Å². The second-order valence-corrected chi connectivity index (χ2v) is 5.38. The first-order chi connectivity index (χ1) is 10.6. The maximum atomic E-state index is 12.3. The van der Waals surface area contributed by atoms with Gasteiger partial charge in [-0.25, -0.2) is 0 Å². The lowest BCUT2D eigenvalue weighted by atomic mass is 10.2. The van der Waals surface area contributed by atoms with Crippen molar-refractivity contribution in [3.05, 3.63) is 53.6 Å². The molecule has 116 valence electrons. The number of hydrogen-bond donors (Lipinski definition) is 1. The fourth-order valence-corrected chi connectivity index (χ4v) is 2.40. The molecule has 4 nitrogen and oxygen atoms in total. The van der Waals surface area contributed by atoms with Gasteiger partial charge in [0.05, 0.1) is 0 Å². The van der Waals surface area contributed by atoms with Crippen molar-refractivity contribution in [1.29, 1.82) is 0 Å². The van der Waals surface area contributed by atoms with E-state index in [1.165, 1.54) is 0 Å². The predicted octanol–water partition coefficient (Wildman–Crippen LogP) is 2.73. The van der Waals surface area contributed by atoms with E-state index in [4.69, 9.17) is 0 Å². The Morgan fingerprint density at radius 1 is 1.27 bits per heavy atom. The fourth-order valence-electron chi connectivity index (χ4n) is 2.40. The summed E-state index contributed by atoms with van der Waals surface area (Å²) in [5, 5.41) is 2.92. The van der Waals surface area contributed by atoms with Gasteiger partial charge in [-0.05, 0) is 38.3 Å². The SMILES string of the molecule is CC=C(C)C(=O)NC1CCCN1C(=O)C=Cc1ccccc1. The highest BCUT2D eigenvalue weighted by molar-refractivity contribution is 5.95. The van der Waals surface area contributed by atoms with Crippen molar-refractivity contribution in [2.24, 2.45) is 0 Å². The van der Waals surface area contributed by atoms with Crippen LogP contribution in [-0.4, -0.2) is 29.4 Å². The van der Waals surface area contributed by atoms with E-state index in [0.29, 0.717) is 12.1 Å². The molecule has 1 heterocycles. The number of hydrogen-bond acceptors (Lipinski definition) is 2. The molecule has 1 aliphatic heterocycles. The van der Waals surface area contributed by atoms with E-state index >= 15 is 0 Å². The zero-order valence-electron chi connectivity index (χ0n) is 13.1. The number of nitrogens with zero attached hydrogens (tertiary/aromatic N) is 1. The Morgan fingerprint density at radius 3 is 2.68 bits per heavy atom. The van der Waals surface area contributed by atoms with Crippen molar-refractivity contribution < 1.29 is 9.59 Å². The first-order valence-corrected chi connectivity index (χ1v) is 7.59. The number of amides is 2. The molecule has 1 fully saturated rings. The molecule has 0 aliphatic carbocycles. The van der Waals surface area contributed by atoms with Crippen molar-refractivity contribution in [3.63, 3.8) is 0 Å². The minimum absolute atomic E-state index is 0.0650. The summed E-state index contributed by atoms with van der Waals surface area (Å²) in [7, 11) is 0. The predicted molar refractivity (Wildman–Crippen MR) is 87.8 cm³/mol. The lowest BCUT2D eigenvalue weighted by Gasteiger charge is -2.24. The average molecular weight is 298 g/mol. The quantitative estimate of drug-likeness (QED) is 0.869. The standard InChI is InChI=1S/C18H22N2O2/c1-3-14(2)18(22)19-16-10-7-13-20(16)17(21)12-11-15-8-5-4-6-9-15/h3-6,8-9,11-12,16H,7,10,13H2,1-2H3,(H,19,22). The van der Waals surface area contributed by atoms with Gasteiger partial charge in [0.25, 0.3) is 0 Å². The molecular formula is C18H22N2O2. The minimum Gasteiger partial charge on any atom is -0.332 e. The topological polar surface area (TPSA) is 49.4 Å². The van der Waals surface area contributed by atoms with Crippen LogP contribution < -0.4 is 5.32 Å². The zero-order chi connectivity index (χ0) is 15.9. The van der Waals surface area contributed by atoms with Crippen molar-refractivity contribution in [2.45, 2.75) is 32.9 Å². The van der Waals surface area contributed by atoms with Crippen LogP contribution in [0, 0.1) is 0 Å². The Labute approximate surface area is 131 Å². The Morgan fingerprint density at radius 2 is 2.00 bits per heavy atom. The Hall–Kier alpha value is -2.36. The van der Waals surface area contributed by atoms with Crippen molar-refractivity contribution >= 4 is 17.9 Å². The lowest BCUT2D eigenvalue weighted by Crippen LogP contribution is -2.46. The fraction of sp³-hybridized carbons (Fsp3) is 0.333. The van der Waals surface area contributed by atoms with E-state index in [-0.39, 0.29) is 18.0 Å². The van der Waals surface area contributed by atoms with Gasteiger partial charge in [-0.1, -0.05) is 36.4 Å². The first kappa shape index (κ1) is 16.0. The van der Waals surface area contributed by atoms with Gasteiger partial charge in [-0.2, -0.15) is 0 Å². The molecule has 4 heteroatoms. The van der Waals surface area contributed by atoms with Gasteiger partial charge in [0, 0.05) is 18.2 Å². The third-order valence-corrected chi connectivity index (χ3v) is 3.84. The van der Waals surface area contributed by atoms with Crippen LogP contribution in [0.25, 0.3) is 6.08 Å². The zero-order valence-corrected chi connectivity index (χ0v) is 13.1. The number of allylic oxidation sites excluding steroid dienone is 1. The molecule has 0 spiro atoms. The van der Waals surface area contributed by atoms with E-state index in [0.717, 1.165) is 18.4 Å². The van der Waals surface area contributed by atoms with E-state index in [2.05, 4.69) is 5.32 Å². The number of nitrogens with one attached hydrogen (secondary N) is 1. The van der Waals surface area contributed by atoms with Gasteiger partial charge in [0.15, 0.2) is 0 Å². The summed E-state index contributed by atoms with van der Waals surface area (Å²) < 4.78 is 0. The maximum absolute atomic E-state index is 12.3. The van der Waals surface area contributed by atoms with Crippen LogP contribution in [0.15, 0.2) is 48.1 Å². The highest BCUT2D eigenvalue weighted by atomic mass is 16.2. The van der Waals surface area contributed by atoms with Crippen LogP contribution in [0.1, 0.15) is 32.3 Å². The normalized spacial score (nSPS) is 18.7. The molecule has 1 saturated heterocycles. The summed E-state index contributed by atoms with van der Waals surface area (Å²) >= 11 is 0. The lowest BCUT2D eigenvalue weighted by molar-refractivity contribution is -0.128. The summed E-state index contributed by atoms with van der Waals surface area (Å²) in [6.07, 6.45) is 6.64. The van der Waals surface area contributed by atoms with Crippen LogP contribution in [0.2, 0.25) is 0 Å². The molecule has 22 heavy (non-hydrogen) atoms. The average Bonchev–Trinajstić information content (AvgIpc) is 3.00. The van der Waals surface area contributed by atoms with Crippen LogP contribution in [0.3, 0.4) is 0 Å². The number of rotatable bonds is 4. The van der Waals surface area contributed by atoms with Gasteiger partial charge < -0.3 is 10.2 Å². The van der Waals surface area contributed by atoms with E-state index < -0.39 is 0 Å². The molecule has 1 aliphatic rings. The van der Waals surface area contributed by atoms with Crippen LogP contribution in [0.4, 0.5) is 0 Å². The highest BCUT2D eigenvalue weighted by Gasteiger charge is 2.28. The van der Waals surface area contributed by atoms with Crippen LogP contribution in [0.5, 0.6) is 0 Å². The van der Waals surface area contributed by atoms with E-state index in [1.54, 1.807) is 30.1 Å². The minimum atomic E-state index is -0.213. The molecule has 1 atom stereocenters. The van der Waals surface area contributed by atoms with Gasteiger partial charge in [0.1, 0.15) is 6.17 Å². The summed E-state index contributed by atoms with van der Waals surface area (Å²) in [5.41, 5.74) is 1.65. The number of likely N-dealkylation sites (tertiary alicyclic amines) is 1. The molecule has 1 aromatic rings. The maximum Gasteiger partial charge on any atom is 0.248 e. The van der Waals surface area contributed by atoms with E-state index in [9.17, 15) is 9.59 Å². The Balaban J connectivity index is 1.99. The number of carbonyl (C=O) groups is 2. The molecule has 2 rings (SSSR count). The summed E-state index contributed by atoms with van der Waals surface area (Å²) in [6, 6.07) is 9.70. The van der Waals surface area contributed by atoms with Gasteiger partial charge in [-0.15, -0.1) is 0 Å². The second kappa shape index (κ2) is 7.59. The third-order valence-electron chi connectivity index (χ3n) is 3.84. The summed E-state index contributed by atoms with van der Waals surface area (Å²) in [4.78, 5) is 26.0. The Bertz CT molecular complexity index is 590. The second-order valence-electron chi connectivity index (χ2n) is 5.38. The molecule has 0 aromatic heterocycles. The van der Waals surface area contributed by atoms with Gasteiger partial charge >= 0.3 is 0 Å². The third kappa shape index (κ3) is 4.07. The molecular weight excluding hydrogens is 276 g/mol. The molecule has 0 bridgehead atoms. The summed E-state index contributed by atoms with van der Waals surface area (Å²) in [5.74, 6) is -0.177. The molecule has 0 saturated carbocycles.